The molecule has 2 aromatic carbocycles. The quantitative estimate of drug-likeness (QED) is 0.770. The normalized spacial score (nSPS) is 11.8. The fraction of sp³-hybridized carbons (Fsp3) is 0.316. The standard InChI is InChI=1S/C19H24N2O2.ClH/c1-21(14-18(22)16-7-3-2-4-8-16)13-5-6-15-9-11-17(12-10-15)19(20)23;/h2-4,7-12,18,22H,5-6,13-14H2,1H3,(H2,20,23);1H/t18-;/m1./s1. The van der Waals surface area contributed by atoms with E-state index in [0.717, 1.165) is 24.9 Å². The number of carbonyl (C=O) groups is 1. The number of primary amides is 1. The molecule has 4 nitrogen and oxygen atoms in total. The number of nitrogens with zero attached hydrogens (tertiary/aromatic N) is 1. The summed E-state index contributed by atoms with van der Waals surface area (Å²) in [5.74, 6) is -0.397. The van der Waals surface area contributed by atoms with Gasteiger partial charge in [0, 0.05) is 12.1 Å². The molecule has 3 N–H and O–H groups in total. The summed E-state index contributed by atoms with van der Waals surface area (Å²) in [6.07, 6.45) is 1.47. The van der Waals surface area contributed by atoms with Crippen LogP contribution in [0.2, 0.25) is 0 Å². The zero-order valence-electron chi connectivity index (χ0n) is 13.9. The minimum atomic E-state index is -0.462. The fourth-order valence-corrected chi connectivity index (χ4v) is 2.56. The first-order valence-electron chi connectivity index (χ1n) is 7.86. The summed E-state index contributed by atoms with van der Waals surface area (Å²) in [7, 11) is 2.02. The third-order valence-electron chi connectivity index (χ3n) is 3.91. The Labute approximate surface area is 149 Å². The van der Waals surface area contributed by atoms with E-state index in [1.165, 1.54) is 5.56 Å². The molecule has 5 heteroatoms. The Kier molecular flexibility index (Phi) is 8.47. The molecule has 0 unspecified atom stereocenters. The van der Waals surface area contributed by atoms with E-state index >= 15 is 0 Å². The highest BCUT2D eigenvalue weighted by Crippen LogP contribution is 2.13. The Bertz CT molecular complexity index is 617. The first-order chi connectivity index (χ1) is 11.1. The molecule has 0 saturated carbocycles. The number of aryl methyl sites for hydroxylation is 1. The summed E-state index contributed by atoms with van der Waals surface area (Å²) < 4.78 is 0. The molecule has 0 fully saturated rings. The second-order valence-corrected chi connectivity index (χ2v) is 5.85. The molecule has 0 aliphatic carbocycles. The average Bonchev–Trinajstić information content (AvgIpc) is 2.56. The van der Waals surface area contributed by atoms with Crippen molar-refractivity contribution in [3.05, 3.63) is 71.3 Å². The van der Waals surface area contributed by atoms with Crippen molar-refractivity contribution in [2.75, 3.05) is 20.1 Å². The lowest BCUT2D eigenvalue weighted by Crippen LogP contribution is -2.26. The van der Waals surface area contributed by atoms with Gasteiger partial charge in [0.1, 0.15) is 0 Å². The molecule has 2 aromatic rings. The van der Waals surface area contributed by atoms with Crippen LogP contribution in [0.15, 0.2) is 54.6 Å². The monoisotopic (exact) mass is 348 g/mol. The maximum absolute atomic E-state index is 11.0. The number of aliphatic hydroxyl groups is 1. The second-order valence-electron chi connectivity index (χ2n) is 5.85. The van der Waals surface area contributed by atoms with Crippen LogP contribution in [-0.2, 0) is 6.42 Å². The molecular formula is C19H25ClN2O2. The smallest absolute Gasteiger partial charge is 0.248 e. The van der Waals surface area contributed by atoms with Crippen LogP contribution in [0.1, 0.15) is 34.0 Å². The van der Waals surface area contributed by atoms with Gasteiger partial charge in [0.2, 0.25) is 5.91 Å². The molecular weight excluding hydrogens is 324 g/mol. The molecule has 0 bridgehead atoms. The lowest BCUT2D eigenvalue weighted by Gasteiger charge is -2.20. The van der Waals surface area contributed by atoms with Crippen molar-refractivity contribution in [1.82, 2.24) is 4.90 Å². The summed E-state index contributed by atoms with van der Waals surface area (Å²) >= 11 is 0. The highest BCUT2D eigenvalue weighted by atomic mass is 35.5. The van der Waals surface area contributed by atoms with E-state index in [1.54, 1.807) is 12.1 Å². The number of nitrogens with two attached hydrogens (primary N) is 1. The maximum Gasteiger partial charge on any atom is 0.248 e. The summed E-state index contributed by atoms with van der Waals surface area (Å²) in [6.45, 7) is 1.52. The van der Waals surface area contributed by atoms with Crippen molar-refractivity contribution >= 4 is 18.3 Å². The second kappa shape index (κ2) is 10.1. The molecule has 0 aliphatic rings. The van der Waals surface area contributed by atoms with Gasteiger partial charge in [-0.1, -0.05) is 42.5 Å². The molecule has 0 saturated heterocycles. The molecule has 130 valence electrons. The zero-order valence-corrected chi connectivity index (χ0v) is 14.7. The molecule has 0 spiro atoms. The summed E-state index contributed by atoms with van der Waals surface area (Å²) in [4.78, 5) is 13.2. The number of likely N-dealkylation sites (N-methyl/N-ethyl adjacent to an activating group) is 1. The molecule has 2 rings (SSSR count). The van der Waals surface area contributed by atoms with Gasteiger partial charge in [0.15, 0.2) is 0 Å². The first kappa shape index (κ1) is 20.2. The van der Waals surface area contributed by atoms with E-state index in [-0.39, 0.29) is 12.4 Å². The van der Waals surface area contributed by atoms with E-state index in [1.807, 2.05) is 49.5 Å². The largest absolute Gasteiger partial charge is 0.387 e. The molecule has 24 heavy (non-hydrogen) atoms. The Balaban J connectivity index is 0.00000288. The number of halogens is 1. The highest BCUT2D eigenvalue weighted by Gasteiger charge is 2.10. The summed E-state index contributed by atoms with van der Waals surface area (Å²) in [5, 5.41) is 10.2. The van der Waals surface area contributed by atoms with Gasteiger partial charge in [0.25, 0.3) is 0 Å². The number of aliphatic hydroxyl groups excluding tert-OH is 1. The van der Waals surface area contributed by atoms with Gasteiger partial charge in [-0.2, -0.15) is 0 Å². The van der Waals surface area contributed by atoms with Crippen LogP contribution in [-0.4, -0.2) is 36.1 Å². The maximum atomic E-state index is 11.0. The SMILES string of the molecule is CN(CCCc1ccc(C(N)=O)cc1)C[C@@H](O)c1ccccc1.Cl. The third-order valence-corrected chi connectivity index (χ3v) is 3.91. The van der Waals surface area contributed by atoms with Crippen LogP contribution in [0.4, 0.5) is 0 Å². The topological polar surface area (TPSA) is 66.6 Å². The van der Waals surface area contributed by atoms with Gasteiger partial charge in [-0.3, -0.25) is 4.79 Å². The van der Waals surface area contributed by atoms with Crippen molar-refractivity contribution in [2.24, 2.45) is 5.73 Å². The molecule has 0 heterocycles. The predicted molar refractivity (Wildman–Crippen MR) is 99.4 cm³/mol. The fourth-order valence-electron chi connectivity index (χ4n) is 2.56. The molecule has 0 aliphatic heterocycles. The molecule has 1 amide bonds. The van der Waals surface area contributed by atoms with Gasteiger partial charge >= 0.3 is 0 Å². The number of carbonyl (C=O) groups excluding carboxylic acids is 1. The number of hydrogen-bond acceptors (Lipinski definition) is 3. The number of rotatable bonds is 8. The van der Waals surface area contributed by atoms with Gasteiger partial charge in [-0.15, -0.1) is 12.4 Å². The van der Waals surface area contributed by atoms with Crippen molar-refractivity contribution in [2.45, 2.75) is 18.9 Å². The first-order valence-corrected chi connectivity index (χ1v) is 7.86. The highest BCUT2D eigenvalue weighted by molar-refractivity contribution is 5.92. The van der Waals surface area contributed by atoms with Gasteiger partial charge in [-0.05, 0) is 49.7 Å². The Hall–Kier alpha value is -1.88. The van der Waals surface area contributed by atoms with Gasteiger partial charge in [-0.25, -0.2) is 0 Å². The molecule has 0 aromatic heterocycles. The molecule has 1 atom stereocenters. The number of amides is 1. The lowest BCUT2D eigenvalue weighted by atomic mass is 10.1. The van der Waals surface area contributed by atoms with Crippen molar-refractivity contribution in [1.29, 1.82) is 0 Å². The molecule has 0 radical (unpaired) electrons. The third kappa shape index (κ3) is 6.32. The minimum absolute atomic E-state index is 0. The van der Waals surface area contributed by atoms with E-state index in [2.05, 4.69) is 4.90 Å². The van der Waals surface area contributed by atoms with Crippen LogP contribution in [0.25, 0.3) is 0 Å². The van der Waals surface area contributed by atoms with Crippen LogP contribution >= 0.6 is 12.4 Å². The van der Waals surface area contributed by atoms with Gasteiger partial charge < -0.3 is 15.7 Å². The van der Waals surface area contributed by atoms with Crippen molar-refractivity contribution < 1.29 is 9.90 Å². The van der Waals surface area contributed by atoms with E-state index in [4.69, 9.17) is 5.73 Å². The van der Waals surface area contributed by atoms with Crippen molar-refractivity contribution in [3.63, 3.8) is 0 Å². The minimum Gasteiger partial charge on any atom is -0.387 e. The van der Waals surface area contributed by atoms with Crippen LogP contribution in [0.5, 0.6) is 0 Å². The zero-order chi connectivity index (χ0) is 16.7. The predicted octanol–water partition coefficient (Wildman–Crippen LogP) is 2.81. The van der Waals surface area contributed by atoms with Crippen molar-refractivity contribution in [3.8, 4) is 0 Å². The van der Waals surface area contributed by atoms with Crippen LogP contribution in [0, 0.1) is 0 Å². The van der Waals surface area contributed by atoms with Crippen LogP contribution < -0.4 is 5.73 Å². The van der Waals surface area contributed by atoms with E-state index in [0.29, 0.717) is 12.1 Å². The number of benzene rings is 2. The van der Waals surface area contributed by atoms with E-state index < -0.39 is 12.0 Å². The number of hydrogen-bond donors (Lipinski definition) is 2. The Morgan fingerprint density at radius 2 is 1.75 bits per heavy atom. The van der Waals surface area contributed by atoms with Gasteiger partial charge in [0.05, 0.1) is 6.10 Å². The summed E-state index contributed by atoms with van der Waals surface area (Å²) in [5.41, 5.74) is 7.90. The Morgan fingerprint density at radius 3 is 2.33 bits per heavy atom. The summed E-state index contributed by atoms with van der Waals surface area (Å²) in [6, 6.07) is 17.1. The van der Waals surface area contributed by atoms with E-state index in [9.17, 15) is 9.90 Å². The Morgan fingerprint density at radius 1 is 1.12 bits per heavy atom. The lowest BCUT2D eigenvalue weighted by molar-refractivity contribution is 0.1000. The average molecular weight is 349 g/mol. The van der Waals surface area contributed by atoms with Crippen LogP contribution in [0.3, 0.4) is 0 Å².